The molecule has 0 unspecified atom stereocenters. The Kier molecular flexibility index (Phi) is 11.0. The Labute approximate surface area is 270 Å². The third-order valence-electron chi connectivity index (χ3n) is 8.30. The largest absolute Gasteiger partial charge is 0.323 e. The third kappa shape index (κ3) is 7.00. The lowest BCUT2D eigenvalue weighted by Gasteiger charge is -2.29. The van der Waals surface area contributed by atoms with Gasteiger partial charge in [0.15, 0.2) is 0 Å². The number of rotatable bonds is 7. The Balaban J connectivity index is 0.00000202. The normalized spacial score (nSPS) is 18.6. The number of benzene rings is 2. The molecule has 0 bridgehead atoms. The van der Waals surface area contributed by atoms with Crippen molar-refractivity contribution in [2.45, 2.75) is 37.8 Å². The molecular formula is C31H38ClN5O2S3. The summed E-state index contributed by atoms with van der Waals surface area (Å²) < 4.78 is 2.37. The SMILES string of the molecule is CN(C(=O)N1CC[C@H](n2cnc3cc(-c4ccc(Cl)cc4)sc3c2=O)C1)[C@H]1CCN(CCCc2ccccc2)C1.S.S. The van der Waals surface area contributed by atoms with Crippen molar-refractivity contribution in [3.63, 3.8) is 0 Å². The van der Waals surface area contributed by atoms with E-state index in [0.29, 0.717) is 28.3 Å². The smallest absolute Gasteiger partial charge is 0.320 e. The van der Waals surface area contributed by atoms with Crippen LogP contribution in [0.25, 0.3) is 20.7 Å². The van der Waals surface area contributed by atoms with Gasteiger partial charge in [0, 0.05) is 49.2 Å². The molecule has 6 rings (SSSR count). The standard InChI is InChI=1S/C31H34ClN5O2S.2H2S/c1-34(25-13-16-35(19-25)15-5-8-22-6-3-2-4-7-22)31(39)36-17-14-26(20-36)37-21-33-27-18-28(40-29(27)30(37)38)23-9-11-24(32)12-10-23;;/h2-4,6-7,9-12,18,21,25-26H,5,8,13-17,19-20H2,1H3;2*1H2/t25-,26-;;/m0../s1. The summed E-state index contributed by atoms with van der Waals surface area (Å²) in [6, 6.07) is 20.4. The summed E-state index contributed by atoms with van der Waals surface area (Å²) in [5.41, 5.74) is 3.06. The van der Waals surface area contributed by atoms with Gasteiger partial charge in [-0.15, -0.1) is 11.3 Å². The molecule has 4 aromatic rings. The number of fused-ring (bicyclic) bond motifs is 1. The monoisotopic (exact) mass is 643 g/mol. The summed E-state index contributed by atoms with van der Waals surface area (Å²) in [7, 11) is 1.93. The zero-order valence-electron chi connectivity index (χ0n) is 23.7. The van der Waals surface area contributed by atoms with E-state index in [1.807, 2.05) is 47.2 Å². The molecule has 42 heavy (non-hydrogen) atoms. The van der Waals surface area contributed by atoms with Crippen molar-refractivity contribution >= 4 is 66.2 Å². The number of likely N-dealkylation sites (N-methyl/N-ethyl adjacent to an activating group) is 1. The highest BCUT2D eigenvalue weighted by atomic mass is 35.5. The van der Waals surface area contributed by atoms with Crippen molar-refractivity contribution in [2.24, 2.45) is 0 Å². The third-order valence-corrected chi connectivity index (χ3v) is 9.71. The average molecular weight is 644 g/mol. The fourth-order valence-electron chi connectivity index (χ4n) is 5.95. The minimum Gasteiger partial charge on any atom is -0.323 e. The lowest BCUT2D eigenvalue weighted by molar-refractivity contribution is 0.154. The molecule has 4 heterocycles. The predicted molar refractivity (Wildman–Crippen MR) is 183 cm³/mol. The summed E-state index contributed by atoms with van der Waals surface area (Å²) >= 11 is 7.49. The van der Waals surface area contributed by atoms with Crippen LogP contribution in [0.1, 0.15) is 30.9 Å². The van der Waals surface area contributed by atoms with E-state index >= 15 is 0 Å². The number of aromatic nitrogens is 2. The van der Waals surface area contributed by atoms with Gasteiger partial charge in [-0.3, -0.25) is 9.36 Å². The van der Waals surface area contributed by atoms with Crippen LogP contribution in [0.2, 0.25) is 5.02 Å². The highest BCUT2D eigenvalue weighted by Crippen LogP contribution is 2.32. The number of likely N-dealkylation sites (tertiary alicyclic amines) is 2. The molecule has 224 valence electrons. The van der Waals surface area contributed by atoms with Gasteiger partial charge in [-0.2, -0.15) is 27.0 Å². The van der Waals surface area contributed by atoms with Gasteiger partial charge >= 0.3 is 6.03 Å². The van der Waals surface area contributed by atoms with Crippen molar-refractivity contribution in [1.29, 1.82) is 0 Å². The van der Waals surface area contributed by atoms with Crippen LogP contribution in [0, 0.1) is 0 Å². The molecule has 2 atom stereocenters. The second kappa shape index (κ2) is 14.3. The number of amides is 2. The summed E-state index contributed by atoms with van der Waals surface area (Å²) in [5, 5.41) is 0.681. The molecule has 2 aliphatic heterocycles. The fraction of sp³-hybridized carbons (Fsp3) is 0.387. The number of carbonyl (C=O) groups is 1. The van der Waals surface area contributed by atoms with Crippen LogP contribution in [0.5, 0.6) is 0 Å². The fourth-order valence-corrected chi connectivity index (χ4v) is 7.13. The van der Waals surface area contributed by atoms with E-state index in [1.54, 1.807) is 10.9 Å². The first-order chi connectivity index (χ1) is 19.5. The molecular weight excluding hydrogens is 606 g/mol. The van der Waals surface area contributed by atoms with Gasteiger partial charge in [0.25, 0.3) is 5.56 Å². The van der Waals surface area contributed by atoms with E-state index in [1.165, 1.54) is 16.9 Å². The van der Waals surface area contributed by atoms with Gasteiger partial charge in [-0.05, 0) is 61.6 Å². The number of hydrogen-bond acceptors (Lipinski definition) is 5. The van der Waals surface area contributed by atoms with Gasteiger partial charge in [-0.1, -0.05) is 54.1 Å². The lowest BCUT2D eigenvalue weighted by Crippen LogP contribution is -2.46. The van der Waals surface area contributed by atoms with E-state index in [9.17, 15) is 9.59 Å². The minimum absolute atomic E-state index is 0. The van der Waals surface area contributed by atoms with Crippen LogP contribution in [0.3, 0.4) is 0 Å². The van der Waals surface area contributed by atoms with E-state index in [2.05, 4.69) is 40.2 Å². The number of nitrogens with zero attached hydrogens (tertiary/aromatic N) is 5. The maximum absolute atomic E-state index is 13.4. The molecule has 2 aliphatic rings. The number of thiophene rings is 1. The van der Waals surface area contributed by atoms with Crippen LogP contribution >= 0.6 is 49.9 Å². The summed E-state index contributed by atoms with van der Waals surface area (Å²) in [4.78, 5) is 38.7. The summed E-state index contributed by atoms with van der Waals surface area (Å²) in [6.45, 7) is 4.17. The number of hydrogen-bond donors (Lipinski definition) is 0. The first kappa shape index (κ1) is 32.4. The van der Waals surface area contributed by atoms with Crippen molar-refractivity contribution in [1.82, 2.24) is 24.3 Å². The number of urea groups is 1. The molecule has 2 aromatic heterocycles. The molecule has 0 spiro atoms. The van der Waals surface area contributed by atoms with Crippen molar-refractivity contribution in [3.05, 3.63) is 87.9 Å². The van der Waals surface area contributed by atoms with Crippen molar-refractivity contribution < 1.29 is 4.79 Å². The Bertz CT molecular complexity index is 1550. The Morgan fingerprint density at radius 3 is 2.57 bits per heavy atom. The quantitative estimate of drug-likeness (QED) is 0.248. The lowest BCUT2D eigenvalue weighted by atomic mass is 10.1. The van der Waals surface area contributed by atoms with Gasteiger partial charge < -0.3 is 14.7 Å². The highest BCUT2D eigenvalue weighted by molar-refractivity contribution is 7.59. The van der Waals surface area contributed by atoms with Gasteiger partial charge in [-0.25, -0.2) is 9.78 Å². The van der Waals surface area contributed by atoms with Crippen LogP contribution in [0.15, 0.2) is 71.8 Å². The van der Waals surface area contributed by atoms with E-state index in [-0.39, 0.29) is 50.7 Å². The second-order valence-corrected chi connectivity index (χ2v) is 12.4. The minimum atomic E-state index is -0.0686. The summed E-state index contributed by atoms with van der Waals surface area (Å²) in [6.07, 6.45) is 5.61. The molecule has 0 radical (unpaired) electrons. The van der Waals surface area contributed by atoms with E-state index in [0.717, 1.165) is 55.8 Å². The summed E-state index contributed by atoms with van der Waals surface area (Å²) in [5.74, 6) is 0. The second-order valence-electron chi connectivity index (χ2n) is 10.9. The van der Waals surface area contributed by atoms with Gasteiger partial charge in [0.05, 0.1) is 17.9 Å². The maximum atomic E-state index is 13.4. The Morgan fingerprint density at radius 1 is 1.05 bits per heavy atom. The molecule has 0 saturated carbocycles. The Morgan fingerprint density at radius 2 is 1.81 bits per heavy atom. The van der Waals surface area contributed by atoms with Crippen molar-refractivity contribution in [2.75, 3.05) is 39.8 Å². The average Bonchev–Trinajstić information content (AvgIpc) is 3.74. The van der Waals surface area contributed by atoms with E-state index in [4.69, 9.17) is 11.6 Å². The zero-order chi connectivity index (χ0) is 27.6. The topological polar surface area (TPSA) is 61.7 Å². The molecule has 2 fully saturated rings. The molecule has 2 amide bonds. The zero-order valence-corrected chi connectivity index (χ0v) is 27.3. The van der Waals surface area contributed by atoms with Crippen LogP contribution in [-0.2, 0) is 6.42 Å². The maximum Gasteiger partial charge on any atom is 0.320 e. The Hall–Kier alpha value is -2.50. The van der Waals surface area contributed by atoms with E-state index < -0.39 is 0 Å². The predicted octanol–water partition coefficient (Wildman–Crippen LogP) is 6.01. The molecule has 7 nitrogen and oxygen atoms in total. The highest BCUT2D eigenvalue weighted by Gasteiger charge is 2.34. The van der Waals surface area contributed by atoms with Gasteiger partial charge in [0.2, 0.25) is 0 Å². The van der Waals surface area contributed by atoms with Crippen LogP contribution in [-0.4, -0.2) is 76.1 Å². The number of halogens is 1. The molecule has 2 saturated heterocycles. The van der Waals surface area contributed by atoms with Crippen molar-refractivity contribution in [3.8, 4) is 10.4 Å². The molecule has 11 heteroatoms. The first-order valence-electron chi connectivity index (χ1n) is 14.0. The molecule has 0 aliphatic carbocycles. The number of aryl methyl sites for hydroxylation is 1. The number of carbonyl (C=O) groups excluding carboxylic acids is 1. The first-order valence-corrected chi connectivity index (χ1v) is 15.2. The molecule has 0 N–H and O–H groups in total. The van der Waals surface area contributed by atoms with Crippen LogP contribution in [0.4, 0.5) is 4.79 Å². The van der Waals surface area contributed by atoms with Gasteiger partial charge in [0.1, 0.15) is 4.70 Å². The van der Waals surface area contributed by atoms with Crippen LogP contribution < -0.4 is 5.56 Å². The molecule has 2 aromatic carbocycles.